The van der Waals surface area contributed by atoms with Crippen LogP contribution in [0.5, 0.6) is 0 Å². The lowest BCUT2D eigenvalue weighted by Crippen LogP contribution is -1.93. The maximum absolute atomic E-state index is 12.6. The first-order valence-corrected chi connectivity index (χ1v) is 8.88. The zero-order valence-electron chi connectivity index (χ0n) is 14.3. The number of aryl methyl sites for hydroxylation is 2. The number of hydrogen-bond acceptors (Lipinski definition) is 0. The van der Waals surface area contributed by atoms with Crippen molar-refractivity contribution >= 4 is 22.6 Å². The highest BCUT2D eigenvalue weighted by Crippen LogP contribution is 2.55. The Hall–Kier alpha value is -0.970. The van der Waals surface area contributed by atoms with Gasteiger partial charge in [-0.2, -0.15) is 0 Å². The predicted octanol–water partition coefficient (Wildman–Crippen LogP) is 6.64. The largest absolute Gasteiger partial charge is 0.255 e. The van der Waals surface area contributed by atoms with E-state index in [4.69, 9.17) is 0 Å². The smallest absolute Gasteiger partial charge is 0.206 e. The average Bonchev–Trinajstić information content (AvgIpc) is 3.13. The summed E-state index contributed by atoms with van der Waals surface area (Å²) in [5.41, 5.74) is 7.58. The second-order valence-corrected chi connectivity index (χ2v) is 7.64. The molecule has 0 radical (unpaired) electrons. The third kappa shape index (κ3) is 4.31. The molecule has 3 heteroatoms. The molecule has 0 aliphatic heterocycles. The molecule has 1 aliphatic rings. The summed E-state index contributed by atoms with van der Waals surface area (Å²) in [5.74, 6) is -2.95. The highest BCUT2D eigenvalue weighted by atomic mass is 127. The van der Waals surface area contributed by atoms with Crippen LogP contribution < -0.4 is 0 Å². The van der Waals surface area contributed by atoms with Gasteiger partial charge in [-0.25, -0.2) is 8.78 Å². The fraction of sp³-hybridized carbons (Fsp3) is 0.400. The molecule has 0 bridgehead atoms. The lowest BCUT2D eigenvalue weighted by atomic mass is 10.0. The van der Waals surface area contributed by atoms with E-state index in [2.05, 4.69) is 56.4 Å². The van der Waals surface area contributed by atoms with Gasteiger partial charge in [0.05, 0.1) is 5.92 Å². The highest BCUT2D eigenvalue weighted by Gasteiger charge is 2.57. The molecule has 3 rings (SSSR count). The van der Waals surface area contributed by atoms with E-state index < -0.39 is 11.8 Å². The minimum Gasteiger partial charge on any atom is -0.206 e. The molecule has 0 N–H and O–H groups in total. The van der Waals surface area contributed by atoms with Gasteiger partial charge in [0.25, 0.3) is 5.92 Å². The molecular weight excluding hydrogens is 405 g/mol. The van der Waals surface area contributed by atoms with E-state index in [1.165, 1.54) is 25.8 Å². The van der Waals surface area contributed by atoms with Gasteiger partial charge in [-0.05, 0) is 91.1 Å². The molecule has 23 heavy (non-hydrogen) atoms. The topological polar surface area (TPSA) is 0 Å². The SMILES string of the molecule is Cc1cc(I)c(C)c(C)c1C.Cc1ccc(C2CC2(F)F)cc1. The van der Waals surface area contributed by atoms with Crippen LogP contribution in [0.1, 0.15) is 45.7 Å². The molecule has 124 valence electrons. The van der Waals surface area contributed by atoms with Crippen LogP contribution >= 0.6 is 22.6 Å². The van der Waals surface area contributed by atoms with Gasteiger partial charge < -0.3 is 0 Å². The highest BCUT2D eigenvalue weighted by molar-refractivity contribution is 14.1. The molecule has 0 spiro atoms. The molecule has 1 aliphatic carbocycles. The van der Waals surface area contributed by atoms with Crippen LogP contribution in [0.15, 0.2) is 30.3 Å². The molecule has 0 aromatic heterocycles. The predicted molar refractivity (Wildman–Crippen MR) is 102 cm³/mol. The number of alkyl halides is 2. The van der Waals surface area contributed by atoms with Crippen LogP contribution in [0.3, 0.4) is 0 Å². The van der Waals surface area contributed by atoms with E-state index in [0.29, 0.717) is 0 Å². The fourth-order valence-electron chi connectivity index (χ4n) is 2.54. The molecule has 1 unspecified atom stereocenters. The van der Waals surface area contributed by atoms with Gasteiger partial charge in [-0.15, -0.1) is 0 Å². The quantitative estimate of drug-likeness (QED) is 0.447. The Morgan fingerprint density at radius 3 is 1.91 bits per heavy atom. The molecule has 0 saturated heterocycles. The normalized spacial score (nSPS) is 18.2. The van der Waals surface area contributed by atoms with Crippen LogP contribution in [0.25, 0.3) is 0 Å². The van der Waals surface area contributed by atoms with Gasteiger partial charge in [0, 0.05) is 9.99 Å². The average molecular weight is 428 g/mol. The minimum atomic E-state index is -2.44. The van der Waals surface area contributed by atoms with Crippen LogP contribution in [-0.2, 0) is 0 Å². The van der Waals surface area contributed by atoms with Crippen molar-refractivity contribution in [2.45, 2.75) is 52.9 Å². The van der Waals surface area contributed by atoms with Crippen molar-refractivity contribution in [2.75, 3.05) is 0 Å². The Labute approximate surface area is 151 Å². The monoisotopic (exact) mass is 428 g/mol. The zero-order chi connectivity index (χ0) is 17.4. The summed E-state index contributed by atoms with van der Waals surface area (Å²) >= 11 is 2.39. The summed E-state index contributed by atoms with van der Waals surface area (Å²) in [5, 5.41) is 0. The van der Waals surface area contributed by atoms with Crippen molar-refractivity contribution in [1.82, 2.24) is 0 Å². The second kappa shape index (κ2) is 6.88. The summed E-state index contributed by atoms with van der Waals surface area (Å²) in [4.78, 5) is 0. The number of rotatable bonds is 1. The van der Waals surface area contributed by atoms with Crippen LogP contribution in [-0.4, -0.2) is 5.92 Å². The van der Waals surface area contributed by atoms with E-state index in [0.717, 1.165) is 11.1 Å². The van der Waals surface area contributed by atoms with Crippen molar-refractivity contribution in [2.24, 2.45) is 0 Å². The second-order valence-electron chi connectivity index (χ2n) is 6.48. The molecule has 2 aromatic carbocycles. The van der Waals surface area contributed by atoms with Crippen molar-refractivity contribution in [3.63, 3.8) is 0 Å². The Balaban J connectivity index is 0.000000168. The van der Waals surface area contributed by atoms with Crippen molar-refractivity contribution in [3.8, 4) is 0 Å². The lowest BCUT2D eigenvalue weighted by molar-refractivity contribution is 0.112. The van der Waals surface area contributed by atoms with Crippen LogP contribution in [0, 0.1) is 38.2 Å². The molecule has 2 aromatic rings. The Bertz CT molecular complexity index is 676. The first-order valence-electron chi connectivity index (χ1n) is 7.80. The third-order valence-electron chi connectivity index (χ3n) is 4.72. The maximum Gasteiger partial charge on any atom is 0.255 e. The molecule has 1 fully saturated rings. The molecule has 0 amide bonds. The Morgan fingerprint density at radius 2 is 1.43 bits per heavy atom. The number of halogens is 3. The zero-order valence-corrected chi connectivity index (χ0v) is 16.5. The van der Waals surface area contributed by atoms with E-state index >= 15 is 0 Å². The summed E-state index contributed by atoms with van der Waals surface area (Å²) < 4.78 is 26.5. The van der Waals surface area contributed by atoms with Crippen LogP contribution in [0.2, 0.25) is 0 Å². The number of hydrogen-bond donors (Lipinski definition) is 0. The summed E-state index contributed by atoms with van der Waals surface area (Å²) in [6.45, 7) is 10.7. The molecule has 1 atom stereocenters. The summed E-state index contributed by atoms with van der Waals surface area (Å²) in [6, 6.07) is 9.59. The van der Waals surface area contributed by atoms with Gasteiger partial charge in [0.2, 0.25) is 0 Å². The van der Waals surface area contributed by atoms with E-state index in [9.17, 15) is 8.78 Å². The Morgan fingerprint density at radius 1 is 0.913 bits per heavy atom. The van der Waals surface area contributed by atoms with E-state index in [-0.39, 0.29) is 6.42 Å². The van der Waals surface area contributed by atoms with Crippen molar-refractivity contribution in [1.29, 1.82) is 0 Å². The van der Waals surface area contributed by atoms with Gasteiger partial charge in [0.15, 0.2) is 0 Å². The minimum absolute atomic E-state index is 0.0239. The first-order chi connectivity index (χ1) is 10.6. The molecule has 1 saturated carbocycles. The number of benzene rings is 2. The van der Waals surface area contributed by atoms with Gasteiger partial charge in [-0.3, -0.25) is 0 Å². The van der Waals surface area contributed by atoms with E-state index in [1.54, 1.807) is 12.1 Å². The third-order valence-corrected chi connectivity index (χ3v) is 5.84. The first kappa shape index (κ1) is 18.4. The van der Waals surface area contributed by atoms with Crippen molar-refractivity contribution < 1.29 is 8.78 Å². The molecular formula is C20H23F2I. The molecule has 0 nitrogen and oxygen atoms in total. The van der Waals surface area contributed by atoms with Gasteiger partial charge >= 0.3 is 0 Å². The summed E-state index contributed by atoms with van der Waals surface area (Å²) in [6.07, 6.45) is 0.0239. The van der Waals surface area contributed by atoms with Gasteiger partial charge in [-0.1, -0.05) is 29.8 Å². The Kier molecular flexibility index (Phi) is 5.49. The maximum atomic E-state index is 12.6. The van der Waals surface area contributed by atoms with Crippen LogP contribution in [0.4, 0.5) is 8.78 Å². The van der Waals surface area contributed by atoms with Gasteiger partial charge in [0.1, 0.15) is 0 Å². The fourth-order valence-corrected chi connectivity index (χ4v) is 3.41. The lowest BCUT2D eigenvalue weighted by Gasteiger charge is -2.09. The summed E-state index contributed by atoms with van der Waals surface area (Å²) in [7, 11) is 0. The standard InChI is InChI=1S/C10H10F2.C10H13I/c1-7-2-4-8(5-3-7)9-6-10(9,11)12;1-6-5-10(11)9(4)8(3)7(6)2/h2-5,9H,6H2,1H3;5H,1-4H3. The van der Waals surface area contributed by atoms with E-state index in [1.807, 2.05) is 19.1 Å². The van der Waals surface area contributed by atoms with Crippen molar-refractivity contribution in [3.05, 3.63) is 67.3 Å². The molecule has 0 heterocycles.